The van der Waals surface area contributed by atoms with Crippen molar-refractivity contribution in [1.29, 1.82) is 5.26 Å². The molecule has 0 aromatic heterocycles. The predicted octanol–water partition coefficient (Wildman–Crippen LogP) is 4.06. The lowest BCUT2D eigenvalue weighted by Crippen LogP contribution is -2.21. The van der Waals surface area contributed by atoms with Gasteiger partial charge in [0, 0.05) is 17.2 Å². The first-order valence-corrected chi connectivity index (χ1v) is 9.69. The normalized spacial score (nSPS) is 14.8. The average Bonchev–Trinajstić information content (AvgIpc) is 2.78. The van der Waals surface area contributed by atoms with Crippen LogP contribution in [0.5, 0.6) is 17.2 Å². The molecule has 1 atom stereocenters. The second-order valence-electron chi connectivity index (χ2n) is 7.00. The van der Waals surface area contributed by atoms with E-state index in [1.807, 2.05) is 54.6 Å². The van der Waals surface area contributed by atoms with Crippen LogP contribution in [0.3, 0.4) is 0 Å². The molecule has 0 amide bonds. The van der Waals surface area contributed by atoms with Crippen LogP contribution in [0.2, 0.25) is 0 Å². The summed E-state index contributed by atoms with van der Waals surface area (Å²) in [4.78, 5) is 12.3. The van der Waals surface area contributed by atoms with Gasteiger partial charge in [-0.3, -0.25) is 4.79 Å². The van der Waals surface area contributed by atoms with Gasteiger partial charge in [-0.2, -0.15) is 5.26 Å². The van der Waals surface area contributed by atoms with Crippen molar-refractivity contribution in [2.24, 2.45) is 5.73 Å². The van der Waals surface area contributed by atoms with Gasteiger partial charge in [0.2, 0.25) is 5.88 Å². The molecule has 31 heavy (non-hydrogen) atoms. The van der Waals surface area contributed by atoms with Crippen LogP contribution >= 0.6 is 0 Å². The largest absolute Gasteiger partial charge is 0.496 e. The number of methoxy groups -OCH3 is 1. The topological polar surface area (TPSA) is 94.6 Å². The minimum Gasteiger partial charge on any atom is -0.496 e. The molecular formula is C25H20N2O4. The summed E-state index contributed by atoms with van der Waals surface area (Å²) in [6.45, 7) is 0. The highest BCUT2D eigenvalue weighted by Gasteiger charge is 2.32. The van der Waals surface area contributed by atoms with Gasteiger partial charge >= 0.3 is 5.97 Å². The summed E-state index contributed by atoms with van der Waals surface area (Å²) in [5, 5.41) is 9.72. The monoisotopic (exact) mass is 412 g/mol. The van der Waals surface area contributed by atoms with Crippen molar-refractivity contribution in [3.63, 3.8) is 0 Å². The molecule has 0 spiro atoms. The molecule has 0 radical (unpaired) electrons. The van der Waals surface area contributed by atoms with Crippen LogP contribution in [0.1, 0.15) is 22.6 Å². The number of hydrogen-bond donors (Lipinski definition) is 1. The summed E-state index contributed by atoms with van der Waals surface area (Å²) in [5.41, 5.74) is 8.75. The summed E-state index contributed by atoms with van der Waals surface area (Å²) >= 11 is 0. The lowest BCUT2D eigenvalue weighted by molar-refractivity contribution is -0.133. The van der Waals surface area contributed by atoms with Crippen molar-refractivity contribution in [1.82, 2.24) is 0 Å². The van der Waals surface area contributed by atoms with Crippen LogP contribution in [0.4, 0.5) is 0 Å². The Balaban J connectivity index is 1.66. The van der Waals surface area contributed by atoms with E-state index < -0.39 is 5.92 Å². The number of nitrogens with two attached hydrogens (primary N) is 1. The Morgan fingerprint density at radius 2 is 1.81 bits per heavy atom. The molecule has 0 aliphatic carbocycles. The Bertz CT molecular complexity index is 1200. The zero-order valence-corrected chi connectivity index (χ0v) is 16.9. The zero-order valence-electron chi connectivity index (χ0n) is 16.9. The van der Waals surface area contributed by atoms with E-state index in [1.54, 1.807) is 25.3 Å². The van der Waals surface area contributed by atoms with Gasteiger partial charge in [-0.15, -0.1) is 0 Å². The third-order valence-corrected chi connectivity index (χ3v) is 5.06. The lowest BCUT2D eigenvalue weighted by Gasteiger charge is -2.27. The van der Waals surface area contributed by atoms with Crippen molar-refractivity contribution in [3.05, 3.63) is 101 Å². The number of hydrogen-bond acceptors (Lipinski definition) is 6. The summed E-state index contributed by atoms with van der Waals surface area (Å²) in [5.74, 6) is 0.574. The number of fused-ring (bicyclic) bond motifs is 1. The van der Waals surface area contributed by atoms with Gasteiger partial charge in [-0.1, -0.05) is 54.6 Å². The first-order valence-electron chi connectivity index (χ1n) is 9.69. The second-order valence-corrected chi connectivity index (χ2v) is 7.00. The molecule has 3 aromatic carbocycles. The molecule has 6 heteroatoms. The molecule has 2 N–H and O–H groups in total. The summed E-state index contributed by atoms with van der Waals surface area (Å²) in [7, 11) is 1.58. The molecule has 0 fully saturated rings. The van der Waals surface area contributed by atoms with Crippen LogP contribution in [-0.2, 0) is 11.2 Å². The fourth-order valence-electron chi connectivity index (χ4n) is 3.65. The van der Waals surface area contributed by atoms with E-state index in [0.717, 1.165) is 16.7 Å². The third-order valence-electron chi connectivity index (χ3n) is 5.06. The number of nitrogens with zero attached hydrogens (tertiary/aromatic N) is 1. The minimum atomic E-state index is -0.459. The van der Waals surface area contributed by atoms with Crippen LogP contribution in [-0.4, -0.2) is 13.1 Å². The lowest BCUT2D eigenvalue weighted by atomic mass is 9.83. The van der Waals surface area contributed by atoms with Crippen LogP contribution in [0.25, 0.3) is 0 Å². The molecule has 1 aliphatic rings. The Hall–Kier alpha value is -4.24. The summed E-state index contributed by atoms with van der Waals surface area (Å²) in [6, 6.07) is 24.0. The van der Waals surface area contributed by atoms with E-state index >= 15 is 0 Å². The van der Waals surface area contributed by atoms with Crippen molar-refractivity contribution >= 4 is 5.97 Å². The molecule has 1 aliphatic heterocycles. The van der Waals surface area contributed by atoms with E-state index in [2.05, 4.69) is 6.07 Å². The number of ether oxygens (including phenoxy) is 3. The Morgan fingerprint density at radius 1 is 1.06 bits per heavy atom. The number of rotatable bonds is 5. The van der Waals surface area contributed by atoms with Crippen molar-refractivity contribution in [3.8, 4) is 23.3 Å². The third kappa shape index (κ3) is 4.07. The van der Waals surface area contributed by atoms with Crippen LogP contribution in [0, 0.1) is 11.3 Å². The molecule has 0 saturated carbocycles. The maximum Gasteiger partial charge on any atom is 0.315 e. The van der Waals surface area contributed by atoms with Gasteiger partial charge in [-0.05, 0) is 17.7 Å². The van der Waals surface area contributed by atoms with E-state index in [1.165, 1.54) is 0 Å². The Kier molecular flexibility index (Phi) is 5.59. The van der Waals surface area contributed by atoms with Crippen LogP contribution in [0.15, 0.2) is 84.3 Å². The number of benzene rings is 3. The SMILES string of the molecule is COc1ccccc1C1C(C#N)=C(N)Oc2cc(OC(=O)Cc3ccccc3)ccc21. The fraction of sp³-hybridized carbons (Fsp3) is 0.120. The van der Waals surface area contributed by atoms with Gasteiger partial charge in [0.05, 0.1) is 19.4 Å². The number of para-hydroxylation sites is 1. The predicted molar refractivity (Wildman–Crippen MR) is 115 cm³/mol. The van der Waals surface area contributed by atoms with E-state index in [-0.39, 0.29) is 18.3 Å². The Labute approximate surface area is 180 Å². The number of allylic oxidation sites excluding steroid dienone is 1. The number of carbonyl (C=O) groups is 1. The van der Waals surface area contributed by atoms with Gasteiger partial charge in [-0.25, -0.2) is 0 Å². The highest BCUT2D eigenvalue weighted by molar-refractivity contribution is 5.75. The Morgan fingerprint density at radius 3 is 2.55 bits per heavy atom. The zero-order chi connectivity index (χ0) is 21.8. The van der Waals surface area contributed by atoms with E-state index in [9.17, 15) is 10.1 Å². The number of esters is 1. The molecule has 1 unspecified atom stereocenters. The smallest absolute Gasteiger partial charge is 0.315 e. The van der Waals surface area contributed by atoms with Gasteiger partial charge in [0.15, 0.2) is 0 Å². The van der Waals surface area contributed by atoms with Crippen molar-refractivity contribution in [2.45, 2.75) is 12.3 Å². The van der Waals surface area contributed by atoms with Crippen molar-refractivity contribution < 1.29 is 19.0 Å². The van der Waals surface area contributed by atoms with Gasteiger partial charge in [0.25, 0.3) is 0 Å². The molecule has 4 rings (SSSR count). The summed E-state index contributed by atoms with van der Waals surface area (Å²) in [6.07, 6.45) is 0.156. The highest BCUT2D eigenvalue weighted by atomic mass is 16.5. The fourth-order valence-corrected chi connectivity index (χ4v) is 3.65. The number of nitriles is 1. The highest BCUT2D eigenvalue weighted by Crippen LogP contribution is 2.45. The first-order chi connectivity index (χ1) is 15.1. The minimum absolute atomic E-state index is 0.0127. The molecule has 3 aromatic rings. The van der Waals surface area contributed by atoms with Crippen LogP contribution < -0.4 is 19.9 Å². The standard InChI is InChI=1S/C25H20N2O4/c1-29-21-10-6-5-9-18(21)24-19-12-11-17(14-22(19)31-25(27)20(24)15-26)30-23(28)13-16-7-3-2-4-8-16/h2-12,14,24H,13,27H2,1H3. The van der Waals surface area contributed by atoms with E-state index in [4.69, 9.17) is 19.9 Å². The maximum atomic E-state index is 12.3. The maximum absolute atomic E-state index is 12.3. The second kappa shape index (κ2) is 8.64. The quantitative estimate of drug-likeness (QED) is 0.502. The molecule has 1 heterocycles. The first kappa shape index (κ1) is 20.0. The van der Waals surface area contributed by atoms with Gasteiger partial charge in [0.1, 0.15) is 28.9 Å². The molecule has 154 valence electrons. The van der Waals surface area contributed by atoms with Gasteiger partial charge < -0.3 is 19.9 Å². The summed E-state index contributed by atoms with van der Waals surface area (Å²) < 4.78 is 16.7. The molecule has 6 nitrogen and oxygen atoms in total. The van der Waals surface area contributed by atoms with Crippen molar-refractivity contribution in [2.75, 3.05) is 7.11 Å². The molecule has 0 saturated heterocycles. The average molecular weight is 412 g/mol. The molecule has 0 bridgehead atoms. The van der Waals surface area contributed by atoms with E-state index in [0.29, 0.717) is 22.8 Å². The molecular weight excluding hydrogens is 392 g/mol. The number of carbonyl (C=O) groups excluding carboxylic acids is 1.